The molecule has 15 heavy (non-hydrogen) atoms. The molecule has 0 aliphatic carbocycles. The van der Waals surface area contributed by atoms with Gasteiger partial charge < -0.3 is 10.1 Å². The van der Waals surface area contributed by atoms with Gasteiger partial charge in [0.1, 0.15) is 5.82 Å². The molecule has 2 N–H and O–H groups in total. The predicted octanol–water partition coefficient (Wildman–Crippen LogP) is 0.436. The monoisotopic (exact) mass is 212 g/mol. The minimum absolute atomic E-state index is 0.0650. The summed E-state index contributed by atoms with van der Waals surface area (Å²) in [5.41, 5.74) is -0.349. The molecule has 0 bridgehead atoms. The average molecular weight is 212 g/mol. The Kier molecular flexibility index (Phi) is 3.41. The van der Waals surface area contributed by atoms with Crippen LogP contribution in [-0.2, 0) is 10.3 Å². The van der Waals surface area contributed by atoms with E-state index in [4.69, 9.17) is 4.74 Å². The number of ether oxygens (including phenoxy) is 1. The second-order valence-corrected chi connectivity index (χ2v) is 3.60. The van der Waals surface area contributed by atoms with Gasteiger partial charge in [0.25, 0.3) is 5.82 Å². The summed E-state index contributed by atoms with van der Waals surface area (Å²) in [7, 11) is 1.81. The maximum absolute atomic E-state index is 11.3. The van der Waals surface area contributed by atoms with Gasteiger partial charge in [0, 0.05) is 0 Å². The van der Waals surface area contributed by atoms with Crippen molar-refractivity contribution in [3.8, 4) is 0 Å². The molecule has 0 aliphatic heterocycles. The van der Waals surface area contributed by atoms with Crippen molar-refractivity contribution < 1.29 is 9.53 Å². The van der Waals surface area contributed by atoms with Crippen LogP contribution in [0.5, 0.6) is 0 Å². The Morgan fingerprint density at radius 2 is 2.27 bits per heavy atom. The van der Waals surface area contributed by atoms with Crippen molar-refractivity contribution in [2.45, 2.75) is 26.3 Å². The van der Waals surface area contributed by atoms with Crippen LogP contribution in [0, 0.1) is 0 Å². The molecule has 6 heteroatoms. The summed E-state index contributed by atoms with van der Waals surface area (Å²) < 4.78 is 4.78. The van der Waals surface area contributed by atoms with Crippen molar-refractivity contribution in [2.24, 2.45) is 0 Å². The van der Waals surface area contributed by atoms with E-state index in [-0.39, 0.29) is 11.4 Å². The highest BCUT2D eigenvalue weighted by atomic mass is 16.5. The fourth-order valence-electron chi connectivity index (χ4n) is 0.947. The molecule has 0 unspecified atom stereocenters. The van der Waals surface area contributed by atoms with Crippen LogP contribution in [0.15, 0.2) is 0 Å². The van der Waals surface area contributed by atoms with Gasteiger partial charge in [-0.1, -0.05) is 0 Å². The van der Waals surface area contributed by atoms with E-state index in [2.05, 4.69) is 20.5 Å². The number of nitrogens with one attached hydrogen (secondary N) is 2. The standard InChI is InChI=1S/C9H16N4O2/c1-5-15-7(14)6-11-8(13-12-6)9(2,3)10-4/h10H,5H2,1-4H3,(H,11,12,13). The van der Waals surface area contributed by atoms with E-state index in [0.717, 1.165) is 0 Å². The minimum Gasteiger partial charge on any atom is -0.460 e. The van der Waals surface area contributed by atoms with Crippen LogP contribution in [0.3, 0.4) is 0 Å². The fourth-order valence-corrected chi connectivity index (χ4v) is 0.947. The van der Waals surface area contributed by atoms with Gasteiger partial charge in [-0.05, 0) is 27.8 Å². The Hall–Kier alpha value is -1.43. The molecule has 0 spiro atoms. The number of aromatic amines is 1. The Morgan fingerprint density at radius 1 is 1.60 bits per heavy atom. The smallest absolute Gasteiger partial charge is 0.378 e. The zero-order valence-electron chi connectivity index (χ0n) is 9.42. The van der Waals surface area contributed by atoms with E-state index in [1.807, 2.05) is 20.9 Å². The van der Waals surface area contributed by atoms with Gasteiger partial charge in [-0.2, -0.15) is 0 Å². The van der Waals surface area contributed by atoms with Crippen molar-refractivity contribution in [1.29, 1.82) is 0 Å². The lowest BCUT2D eigenvalue weighted by Gasteiger charge is -2.19. The third-order valence-electron chi connectivity index (χ3n) is 2.16. The summed E-state index contributed by atoms with van der Waals surface area (Å²) in [5.74, 6) is 0.162. The first-order chi connectivity index (χ1) is 7.01. The summed E-state index contributed by atoms with van der Waals surface area (Å²) >= 11 is 0. The number of esters is 1. The van der Waals surface area contributed by atoms with Gasteiger partial charge in [-0.15, -0.1) is 5.10 Å². The van der Waals surface area contributed by atoms with Crippen molar-refractivity contribution in [3.63, 3.8) is 0 Å². The van der Waals surface area contributed by atoms with Crippen LogP contribution in [0.1, 0.15) is 37.2 Å². The summed E-state index contributed by atoms with van der Waals surface area (Å²) in [5, 5.41) is 9.57. The van der Waals surface area contributed by atoms with E-state index in [0.29, 0.717) is 12.4 Å². The molecule has 0 fully saturated rings. The number of H-pyrrole nitrogens is 1. The minimum atomic E-state index is -0.507. The normalized spacial score (nSPS) is 11.5. The summed E-state index contributed by atoms with van der Waals surface area (Å²) in [6, 6.07) is 0. The molecule has 0 saturated carbocycles. The summed E-state index contributed by atoms with van der Waals surface area (Å²) in [6.07, 6.45) is 0. The molecule has 0 aliphatic rings. The molecule has 1 rings (SSSR count). The van der Waals surface area contributed by atoms with E-state index >= 15 is 0 Å². The number of hydrogen-bond donors (Lipinski definition) is 2. The Bertz CT molecular complexity index is 346. The van der Waals surface area contributed by atoms with Crippen LogP contribution >= 0.6 is 0 Å². The highest BCUT2D eigenvalue weighted by Gasteiger charge is 2.24. The van der Waals surface area contributed by atoms with E-state index < -0.39 is 5.97 Å². The van der Waals surface area contributed by atoms with Gasteiger partial charge in [0.2, 0.25) is 0 Å². The van der Waals surface area contributed by atoms with E-state index in [9.17, 15) is 4.79 Å². The van der Waals surface area contributed by atoms with Crippen LogP contribution in [0.25, 0.3) is 0 Å². The lowest BCUT2D eigenvalue weighted by atomic mass is 10.1. The van der Waals surface area contributed by atoms with Gasteiger partial charge >= 0.3 is 5.97 Å². The Balaban J connectivity index is 2.85. The first-order valence-electron chi connectivity index (χ1n) is 4.80. The van der Waals surface area contributed by atoms with E-state index in [1.165, 1.54) is 0 Å². The second kappa shape index (κ2) is 4.39. The topological polar surface area (TPSA) is 79.9 Å². The van der Waals surface area contributed by atoms with Crippen LogP contribution in [0.4, 0.5) is 0 Å². The van der Waals surface area contributed by atoms with Gasteiger partial charge in [0.15, 0.2) is 0 Å². The van der Waals surface area contributed by atoms with Crippen LogP contribution in [0.2, 0.25) is 0 Å². The highest BCUT2D eigenvalue weighted by molar-refractivity contribution is 5.84. The highest BCUT2D eigenvalue weighted by Crippen LogP contribution is 2.14. The number of aromatic nitrogens is 3. The molecule has 0 amide bonds. The maximum atomic E-state index is 11.3. The molecule has 0 radical (unpaired) electrons. The van der Waals surface area contributed by atoms with Gasteiger partial charge in [-0.3, -0.25) is 5.10 Å². The largest absolute Gasteiger partial charge is 0.460 e. The number of carbonyl (C=O) groups excluding carboxylic acids is 1. The average Bonchev–Trinajstić information content (AvgIpc) is 2.67. The SMILES string of the molecule is CCOC(=O)c1n[nH]c(C(C)(C)NC)n1. The zero-order valence-corrected chi connectivity index (χ0v) is 9.42. The lowest BCUT2D eigenvalue weighted by Crippen LogP contribution is -2.34. The molecular formula is C9H16N4O2. The number of rotatable bonds is 4. The van der Waals surface area contributed by atoms with Crippen molar-refractivity contribution >= 4 is 5.97 Å². The van der Waals surface area contributed by atoms with Crippen LogP contribution < -0.4 is 5.32 Å². The summed E-state index contributed by atoms with van der Waals surface area (Å²) in [6.45, 7) is 5.92. The zero-order chi connectivity index (χ0) is 11.5. The third kappa shape index (κ3) is 2.53. The van der Waals surface area contributed by atoms with Gasteiger partial charge in [0.05, 0.1) is 12.1 Å². The predicted molar refractivity (Wildman–Crippen MR) is 54.4 cm³/mol. The Morgan fingerprint density at radius 3 is 2.80 bits per heavy atom. The molecule has 6 nitrogen and oxygen atoms in total. The first kappa shape index (κ1) is 11.6. The molecule has 1 aromatic heterocycles. The third-order valence-corrected chi connectivity index (χ3v) is 2.16. The number of carbonyl (C=O) groups is 1. The molecule has 84 valence electrons. The molecule has 0 saturated heterocycles. The molecule has 0 atom stereocenters. The van der Waals surface area contributed by atoms with Crippen molar-refractivity contribution in [1.82, 2.24) is 20.5 Å². The molecule has 1 aromatic rings. The molecule has 0 aromatic carbocycles. The molecule has 1 heterocycles. The first-order valence-corrected chi connectivity index (χ1v) is 4.80. The second-order valence-electron chi connectivity index (χ2n) is 3.60. The number of nitrogens with zero attached hydrogens (tertiary/aromatic N) is 2. The van der Waals surface area contributed by atoms with Gasteiger partial charge in [-0.25, -0.2) is 9.78 Å². The molecular weight excluding hydrogens is 196 g/mol. The maximum Gasteiger partial charge on any atom is 0.378 e. The number of hydrogen-bond acceptors (Lipinski definition) is 5. The summed E-state index contributed by atoms with van der Waals surface area (Å²) in [4.78, 5) is 15.4. The van der Waals surface area contributed by atoms with Crippen LogP contribution in [-0.4, -0.2) is 34.8 Å². The Labute approximate surface area is 88.4 Å². The quantitative estimate of drug-likeness (QED) is 0.708. The van der Waals surface area contributed by atoms with E-state index in [1.54, 1.807) is 6.92 Å². The van der Waals surface area contributed by atoms with Crippen molar-refractivity contribution in [2.75, 3.05) is 13.7 Å². The fraction of sp³-hybridized carbons (Fsp3) is 0.667. The lowest BCUT2D eigenvalue weighted by molar-refractivity contribution is 0.0512. The van der Waals surface area contributed by atoms with Crippen molar-refractivity contribution in [3.05, 3.63) is 11.6 Å².